The van der Waals surface area contributed by atoms with E-state index in [1.165, 1.54) is 17.8 Å². The molecule has 20 heavy (non-hydrogen) atoms. The number of thioether (sulfide) groups is 1. The number of hydrogen-bond donors (Lipinski definition) is 0. The molecule has 0 bridgehead atoms. The molecular formula is C14H10BrNO3S. The van der Waals surface area contributed by atoms with E-state index in [4.69, 9.17) is 0 Å². The van der Waals surface area contributed by atoms with Crippen molar-refractivity contribution in [2.75, 3.05) is 5.75 Å². The van der Waals surface area contributed by atoms with Crippen LogP contribution in [0.1, 0.15) is 10.4 Å². The Balaban J connectivity index is 2.12. The van der Waals surface area contributed by atoms with Gasteiger partial charge in [0.25, 0.3) is 5.69 Å². The Morgan fingerprint density at radius 1 is 1.15 bits per heavy atom. The number of nitrogens with zero attached hydrogens (tertiary/aromatic N) is 1. The summed E-state index contributed by atoms with van der Waals surface area (Å²) in [5.41, 5.74) is 0.607. The molecule has 102 valence electrons. The summed E-state index contributed by atoms with van der Waals surface area (Å²) in [6, 6.07) is 13.6. The first kappa shape index (κ1) is 14.7. The summed E-state index contributed by atoms with van der Waals surface area (Å²) in [6.07, 6.45) is 0. The molecule has 0 heterocycles. The van der Waals surface area contributed by atoms with E-state index < -0.39 is 4.92 Å². The fourth-order valence-corrected chi connectivity index (χ4v) is 3.05. The maximum atomic E-state index is 12.1. The third-order valence-corrected chi connectivity index (χ3v) is 4.35. The van der Waals surface area contributed by atoms with Crippen LogP contribution >= 0.6 is 27.7 Å². The van der Waals surface area contributed by atoms with Gasteiger partial charge in [-0.1, -0.05) is 46.3 Å². The summed E-state index contributed by atoms with van der Waals surface area (Å²) in [5.74, 6) is 0.0913. The van der Waals surface area contributed by atoms with Crippen LogP contribution in [-0.2, 0) is 0 Å². The third kappa shape index (κ3) is 3.46. The molecular weight excluding hydrogens is 342 g/mol. The van der Waals surface area contributed by atoms with Crippen LogP contribution in [-0.4, -0.2) is 16.5 Å². The molecule has 0 spiro atoms. The largest absolute Gasteiger partial charge is 0.293 e. The fourth-order valence-electron chi connectivity index (χ4n) is 1.64. The highest BCUT2D eigenvalue weighted by Crippen LogP contribution is 2.29. The molecule has 0 N–H and O–H groups in total. The summed E-state index contributed by atoms with van der Waals surface area (Å²) >= 11 is 4.50. The van der Waals surface area contributed by atoms with Crippen molar-refractivity contribution in [3.8, 4) is 0 Å². The Hall–Kier alpha value is -1.66. The Morgan fingerprint density at radius 3 is 2.50 bits per heavy atom. The van der Waals surface area contributed by atoms with E-state index in [2.05, 4.69) is 15.9 Å². The van der Waals surface area contributed by atoms with Crippen molar-refractivity contribution >= 4 is 39.2 Å². The lowest BCUT2D eigenvalue weighted by atomic mass is 10.1. The van der Waals surface area contributed by atoms with E-state index in [9.17, 15) is 14.9 Å². The van der Waals surface area contributed by atoms with E-state index in [0.717, 1.165) is 4.47 Å². The van der Waals surface area contributed by atoms with Gasteiger partial charge >= 0.3 is 0 Å². The van der Waals surface area contributed by atoms with Crippen LogP contribution in [0.4, 0.5) is 5.69 Å². The van der Waals surface area contributed by atoms with Crippen LogP contribution in [0.15, 0.2) is 57.9 Å². The van der Waals surface area contributed by atoms with Gasteiger partial charge in [-0.3, -0.25) is 14.9 Å². The molecule has 0 amide bonds. The number of nitro groups is 1. The molecule has 0 aliphatic carbocycles. The fraction of sp³-hybridized carbons (Fsp3) is 0.0714. The minimum Gasteiger partial charge on any atom is -0.293 e. The maximum absolute atomic E-state index is 12.1. The van der Waals surface area contributed by atoms with E-state index in [0.29, 0.717) is 10.5 Å². The van der Waals surface area contributed by atoms with Crippen molar-refractivity contribution in [2.24, 2.45) is 0 Å². The van der Waals surface area contributed by atoms with Crippen molar-refractivity contribution < 1.29 is 9.72 Å². The van der Waals surface area contributed by atoms with Crippen LogP contribution in [0.2, 0.25) is 0 Å². The molecule has 0 radical (unpaired) electrons. The Labute approximate surface area is 128 Å². The van der Waals surface area contributed by atoms with Crippen molar-refractivity contribution in [2.45, 2.75) is 4.90 Å². The predicted molar refractivity (Wildman–Crippen MR) is 82.3 cm³/mol. The molecule has 0 aliphatic heterocycles. The van der Waals surface area contributed by atoms with Crippen molar-refractivity contribution in [3.63, 3.8) is 0 Å². The number of rotatable bonds is 5. The zero-order chi connectivity index (χ0) is 14.5. The van der Waals surface area contributed by atoms with Gasteiger partial charge in [0.1, 0.15) is 0 Å². The smallest absolute Gasteiger partial charge is 0.282 e. The van der Waals surface area contributed by atoms with Gasteiger partial charge in [0, 0.05) is 16.1 Å². The van der Waals surface area contributed by atoms with Crippen LogP contribution < -0.4 is 0 Å². The molecule has 6 heteroatoms. The quantitative estimate of drug-likeness (QED) is 0.348. The molecule has 0 fully saturated rings. The van der Waals surface area contributed by atoms with Gasteiger partial charge in [-0.05, 0) is 12.1 Å². The van der Waals surface area contributed by atoms with Gasteiger partial charge in [-0.25, -0.2) is 0 Å². The van der Waals surface area contributed by atoms with Crippen LogP contribution in [0, 0.1) is 10.1 Å². The standard InChI is InChI=1S/C14H10BrNO3S/c15-11-6-2-1-5-10(11)13(17)9-20-14-8-4-3-7-12(14)16(18)19/h1-8H,9H2. The van der Waals surface area contributed by atoms with Gasteiger partial charge in [0.05, 0.1) is 15.6 Å². The Morgan fingerprint density at radius 2 is 1.80 bits per heavy atom. The lowest BCUT2D eigenvalue weighted by Gasteiger charge is -2.04. The first-order valence-electron chi connectivity index (χ1n) is 5.73. The minimum atomic E-state index is -0.439. The number of halogens is 1. The summed E-state index contributed by atoms with van der Waals surface area (Å²) in [5, 5.41) is 10.9. The first-order valence-corrected chi connectivity index (χ1v) is 7.51. The Kier molecular flexibility index (Phi) is 4.92. The molecule has 2 aromatic rings. The Bertz CT molecular complexity index is 660. The summed E-state index contributed by atoms with van der Waals surface area (Å²) in [7, 11) is 0. The highest BCUT2D eigenvalue weighted by atomic mass is 79.9. The molecule has 0 unspecified atom stereocenters. The summed E-state index contributed by atoms with van der Waals surface area (Å²) in [4.78, 5) is 23.0. The second kappa shape index (κ2) is 6.67. The van der Waals surface area contributed by atoms with E-state index in [-0.39, 0.29) is 17.2 Å². The minimum absolute atomic E-state index is 0.0254. The number of nitro benzene ring substituents is 1. The topological polar surface area (TPSA) is 60.2 Å². The maximum Gasteiger partial charge on any atom is 0.282 e. The molecule has 0 saturated heterocycles. The van der Waals surface area contributed by atoms with E-state index in [1.54, 1.807) is 36.4 Å². The van der Waals surface area contributed by atoms with Crippen molar-refractivity contribution in [1.82, 2.24) is 0 Å². The highest BCUT2D eigenvalue weighted by molar-refractivity contribution is 9.10. The van der Waals surface area contributed by atoms with Gasteiger partial charge in [-0.15, -0.1) is 11.8 Å². The number of carbonyl (C=O) groups excluding carboxylic acids is 1. The monoisotopic (exact) mass is 351 g/mol. The van der Waals surface area contributed by atoms with Crippen LogP contribution in [0.25, 0.3) is 0 Å². The van der Waals surface area contributed by atoms with Gasteiger partial charge in [-0.2, -0.15) is 0 Å². The molecule has 2 aromatic carbocycles. The number of hydrogen-bond acceptors (Lipinski definition) is 4. The lowest BCUT2D eigenvalue weighted by Crippen LogP contribution is -2.03. The van der Waals surface area contributed by atoms with Gasteiger partial charge in [0.15, 0.2) is 5.78 Å². The van der Waals surface area contributed by atoms with E-state index >= 15 is 0 Å². The van der Waals surface area contributed by atoms with Crippen LogP contribution in [0.5, 0.6) is 0 Å². The first-order chi connectivity index (χ1) is 9.59. The predicted octanol–water partition coefficient (Wildman–Crippen LogP) is 4.33. The zero-order valence-electron chi connectivity index (χ0n) is 10.3. The molecule has 2 rings (SSSR count). The molecule has 0 atom stereocenters. The number of carbonyl (C=O) groups is 1. The molecule has 0 aromatic heterocycles. The third-order valence-electron chi connectivity index (χ3n) is 2.59. The number of ketones is 1. The normalized spacial score (nSPS) is 10.2. The summed E-state index contributed by atoms with van der Waals surface area (Å²) in [6.45, 7) is 0. The zero-order valence-corrected chi connectivity index (χ0v) is 12.7. The van der Waals surface area contributed by atoms with Gasteiger partial charge in [0.2, 0.25) is 0 Å². The van der Waals surface area contributed by atoms with Gasteiger partial charge < -0.3 is 0 Å². The van der Waals surface area contributed by atoms with Crippen molar-refractivity contribution in [1.29, 1.82) is 0 Å². The number of Topliss-reactive ketones (excluding diaryl/α,β-unsaturated/α-hetero) is 1. The SMILES string of the molecule is O=C(CSc1ccccc1[N+](=O)[O-])c1ccccc1Br. The second-order valence-electron chi connectivity index (χ2n) is 3.92. The van der Waals surface area contributed by atoms with Crippen LogP contribution in [0.3, 0.4) is 0 Å². The average molecular weight is 352 g/mol. The highest BCUT2D eigenvalue weighted by Gasteiger charge is 2.15. The molecule has 0 saturated carbocycles. The summed E-state index contributed by atoms with van der Waals surface area (Å²) < 4.78 is 0.730. The molecule has 4 nitrogen and oxygen atoms in total. The number of para-hydroxylation sites is 1. The van der Waals surface area contributed by atoms with E-state index in [1.807, 2.05) is 6.07 Å². The lowest BCUT2D eigenvalue weighted by molar-refractivity contribution is -0.387. The second-order valence-corrected chi connectivity index (χ2v) is 5.79. The van der Waals surface area contributed by atoms with Crippen molar-refractivity contribution in [3.05, 3.63) is 68.7 Å². The number of benzene rings is 2. The molecule has 0 aliphatic rings. The average Bonchev–Trinajstić information content (AvgIpc) is 2.45.